The normalized spacial score (nSPS) is 15.6. The van der Waals surface area contributed by atoms with Crippen molar-refractivity contribution in [2.45, 2.75) is 45.1 Å². The highest BCUT2D eigenvalue weighted by molar-refractivity contribution is 7.88. The molecule has 1 saturated heterocycles. The first kappa shape index (κ1) is 21.4. The number of carbonyl (C=O) groups excluding carboxylic acids is 2. The molecule has 0 aliphatic carbocycles. The number of sulfonamides is 1. The first-order valence-electron chi connectivity index (χ1n) is 9.29. The monoisotopic (exact) mass is 396 g/mol. The van der Waals surface area contributed by atoms with Gasteiger partial charge in [0.25, 0.3) is 0 Å². The molecule has 1 amide bonds. The minimum atomic E-state index is -3.23. The number of nitrogens with one attached hydrogen (secondary N) is 1. The average molecular weight is 397 g/mol. The molecule has 8 heteroatoms. The highest BCUT2D eigenvalue weighted by Gasteiger charge is 2.24. The standard InChI is InChI=1S/C19H28N2O5S/c1-3-14-26-17-6-4-15(5-7-17)18(22)8-9-19(23)21-12-10-16(11-13-21)20-27(2,24)25/h4-7,16,20H,3,8-14H2,1-2H3. The van der Waals surface area contributed by atoms with E-state index >= 15 is 0 Å². The molecule has 150 valence electrons. The van der Waals surface area contributed by atoms with Gasteiger partial charge in [0.1, 0.15) is 5.75 Å². The van der Waals surface area contributed by atoms with Crippen molar-refractivity contribution in [3.8, 4) is 5.75 Å². The molecule has 1 fully saturated rings. The summed E-state index contributed by atoms with van der Waals surface area (Å²) in [5.41, 5.74) is 0.572. The summed E-state index contributed by atoms with van der Waals surface area (Å²) in [6, 6.07) is 6.86. The molecule has 1 heterocycles. The van der Waals surface area contributed by atoms with Gasteiger partial charge in [-0.15, -0.1) is 0 Å². The van der Waals surface area contributed by atoms with Crippen LogP contribution < -0.4 is 9.46 Å². The summed E-state index contributed by atoms with van der Waals surface area (Å²) in [4.78, 5) is 26.3. The van der Waals surface area contributed by atoms with Crippen LogP contribution in [0.25, 0.3) is 0 Å². The predicted octanol–water partition coefficient (Wildman–Crippen LogP) is 1.98. The van der Waals surface area contributed by atoms with Gasteiger partial charge in [-0.3, -0.25) is 9.59 Å². The highest BCUT2D eigenvalue weighted by atomic mass is 32.2. The van der Waals surface area contributed by atoms with Crippen LogP contribution in [0, 0.1) is 0 Å². The molecule has 0 atom stereocenters. The molecule has 2 rings (SSSR count). The van der Waals surface area contributed by atoms with Crippen LogP contribution in [0.3, 0.4) is 0 Å². The molecule has 1 aromatic carbocycles. The minimum Gasteiger partial charge on any atom is -0.494 e. The van der Waals surface area contributed by atoms with E-state index in [1.807, 2.05) is 6.92 Å². The molecule has 1 aromatic rings. The number of Topliss-reactive ketones (excluding diaryl/α,β-unsaturated/α-hetero) is 1. The average Bonchev–Trinajstić information content (AvgIpc) is 2.64. The van der Waals surface area contributed by atoms with Crippen molar-refractivity contribution in [3.05, 3.63) is 29.8 Å². The maximum Gasteiger partial charge on any atom is 0.223 e. The fourth-order valence-corrected chi connectivity index (χ4v) is 3.87. The zero-order valence-corrected chi connectivity index (χ0v) is 16.8. The Hall–Kier alpha value is -1.93. The zero-order valence-electron chi connectivity index (χ0n) is 15.9. The minimum absolute atomic E-state index is 0.0657. The van der Waals surface area contributed by atoms with Gasteiger partial charge in [0.05, 0.1) is 12.9 Å². The smallest absolute Gasteiger partial charge is 0.223 e. The van der Waals surface area contributed by atoms with Crippen LogP contribution in [0.4, 0.5) is 0 Å². The van der Waals surface area contributed by atoms with E-state index < -0.39 is 10.0 Å². The molecule has 0 aromatic heterocycles. The Labute approximate surface area is 161 Å². The number of carbonyl (C=O) groups is 2. The van der Waals surface area contributed by atoms with Gasteiger partial charge >= 0.3 is 0 Å². The maximum absolute atomic E-state index is 12.3. The third kappa shape index (κ3) is 7.30. The molecule has 7 nitrogen and oxygen atoms in total. The second-order valence-corrected chi connectivity index (χ2v) is 8.62. The van der Waals surface area contributed by atoms with Crippen molar-refractivity contribution in [3.63, 3.8) is 0 Å². The summed E-state index contributed by atoms with van der Waals surface area (Å²) in [7, 11) is -3.23. The zero-order chi connectivity index (χ0) is 19.9. The molecule has 0 radical (unpaired) electrons. The Kier molecular flexibility index (Phi) is 7.79. The van der Waals surface area contributed by atoms with Crippen molar-refractivity contribution in [1.82, 2.24) is 9.62 Å². The molecular formula is C19H28N2O5S. The number of ether oxygens (including phenoxy) is 1. The van der Waals surface area contributed by atoms with Crippen molar-refractivity contribution in [1.29, 1.82) is 0 Å². The number of hydrogen-bond acceptors (Lipinski definition) is 5. The van der Waals surface area contributed by atoms with E-state index in [1.54, 1.807) is 29.2 Å². The third-order valence-corrected chi connectivity index (χ3v) is 5.20. The lowest BCUT2D eigenvalue weighted by Gasteiger charge is -2.32. The summed E-state index contributed by atoms with van der Waals surface area (Å²) in [5.74, 6) is 0.595. The van der Waals surface area contributed by atoms with Crippen LogP contribution in [0.15, 0.2) is 24.3 Å². The molecular weight excluding hydrogens is 368 g/mol. The van der Waals surface area contributed by atoms with Crippen molar-refractivity contribution >= 4 is 21.7 Å². The van der Waals surface area contributed by atoms with Crippen LogP contribution >= 0.6 is 0 Å². The Morgan fingerprint density at radius 2 is 1.78 bits per heavy atom. The van der Waals surface area contributed by atoms with E-state index in [0.717, 1.165) is 18.4 Å². The van der Waals surface area contributed by atoms with Crippen molar-refractivity contribution in [2.24, 2.45) is 0 Å². The Bertz CT molecular complexity index is 738. The van der Waals surface area contributed by atoms with Crippen LogP contribution in [-0.4, -0.2) is 57.0 Å². The number of piperidine rings is 1. The first-order chi connectivity index (χ1) is 12.8. The number of hydrogen-bond donors (Lipinski definition) is 1. The summed E-state index contributed by atoms with van der Waals surface area (Å²) in [6.07, 6.45) is 3.56. The Balaban J connectivity index is 1.76. The first-order valence-corrected chi connectivity index (χ1v) is 11.2. The van der Waals surface area contributed by atoms with E-state index in [-0.39, 0.29) is 30.6 Å². The highest BCUT2D eigenvalue weighted by Crippen LogP contribution is 2.16. The number of nitrogens with zero attached hydrogens (tertiary/aromatic N) is 1. The number of benzene rings is 1. The Morgan fingerprint density at radius 3 is 2.33 bits per heavy atom. The van der Waals surface area contributed by atoms with E-state index in [9.17, 15) is 18.0 Å². The molecule has 0 saturated carbocycles. The van der Waals surface area contributed by atoms with E-state index in [4.69, 9.17) is 4.74 Å². The van der Waals surface area contributed by atoms with Gasteiger partial charge in [0, 0.05) is 37.5 Å². The molecule has 1 aliphatic heterocycles. The number of likely N-dealkylation sites (tertiary alicyclic amines) is 1. The van der Waals surface area contributed by atoms with Crippen LogP contribution in [0.5, 0.6) is 5.75 Å². The van der Waals surface area contributed by atoms with Gasteiger partial charge in [-0.1, -0.05) is 6.92 Å². The second kappa shape index (κ2) is 9.85. The number of amides is 1. The SMILES string of the molecule is CCCOc1ccc(C(=O)CCC(=O)N2CCC(NS(C)(=O)=O)CC2)cc1. The summed E-state index contributed by atoms with van der Waals surface area (Å²) in [5, 5.41) is 0. The van der Waals surface area contributed by atoms with Crippen LogP contribution in [0.1, 0.15) is 49.4 Å². The van der Waals surface area contributed by atoms with Gasteiger partial charge in [-0.05, 0) is 43.5 Å². The lowest BCUT2D eigenvalue weighted by molar-refractivity contribution is -0.132. The van der Waals surface area contributed by atoms with Crippen LogP contribution in [0.2, 0.25) is 0 Å². The third-order valence-electron chi connectivity index (χ3n) is 4.44. The van der Waals surface area contributed by atoms with Crippen molar-refractivity contribution < 1.29 is 22.7 Å². The fraction of sp³-hybridized carbons (Fsp3) is 0.579. The fourth-order valence-electron chi connectivity index (χ4n) is 3.03. The van der Waals surface area contributed by atoms with E-state index in [2.05, 4.69) is 4.72 Å². The van der Waals surface area contributed by atoms with Gasteiger partial charge in [0.15, 0.2) is 5.78 Å². The van der Waals surface area contributed by atoms with Gasteiger partial charge in [-0.2, -0.15) is 0 Å². The molecule has 0 spiro atoms. The molecule has 1 aliphatic rings. The van der Waals surface area contributed by atoms with Gasteiger partial charge in [0.2, 0.25) is 15.9 Å². The number of ketones is 1. The lowest BCUT2D eigenvalue weighted by Crippen LogP contribution is -2.46. The summed E-state index contributed by atoms with van der Waals surface area (Å²) >= 11 is 0. The van der Waals surface area contributed by atoms with Crippen LogP contribution in [-0.2, 0) is 14.8 Å². The largest absolute Gasteiger partial charge is 0.494 e. The Morgan fingerprint density at radius 1 is 1.15 bits per heavy atom. The number of rotatable bonds is 9. The molecule has 0 bridgehead atoms. The molecule has 1 N–H and O–H groups in total. The van der Waals surface area contributed by atoms with Gasteiger partial charge in [-0.25, -0.2) is 13.1 Å². The van der Waals surface area contributed by atoms with Gasteiger partial charge < -0.3 is 9.64 Å². The summed E-state index contributed by atoms with van der Waals surface area (Å²) in [6.45, 7) is 3.67. The topological polar surface area (TPSA) is 92.8 Å². The molecule has 0 unspecified atom stereocenters. The maximum atomic E-state index is 12.3. The molecule has 27 heavy (non-hydrogen) atoms. The second-order valence-electron chi connectivity index (χ2n) is 6.84. The van der Waals surface area contributed by atoms with E-state index in [0.29, 0.717) is 38.1 Å². The quantitative estimate of drug-likeness (QED) is 0.644. The summed E-state index contributed by atoms with van der Waals surface area (Å²) < 4.78 is 30.6. The van der Waals surface area contributed by atoms with Crippen molar-refractivity contribution in [2.75, 3.05) is 26.0 Å². The predicted molar refractivity (Wildman–Crippen MR) is 103 cm³/mol. The van der Waals surface area contributed by atoms with E-state index in [1.165, 1.54) is 0 Å². The lowest BCUT2D eigenvalue weighted by atomic mass is 10.0.